The second-order valence-corrected chi connectivity index (χ2v) is 4.58. The highest BCUT2D eigenvalue weighted by Crippen LogP contribution is 2.48. The second kappa shape index (κ2) is 4.31. The molecule has 1 saturated carbocycles. The lowest BCUT2D eigenvalue weighted by molar-refractivity contribution is 0.228. The third-order valence-corrected chi connectivity index (χ3v) is 3.15. The van der Waals surface area contributed by atoms with Crippen LogP contribution in [0.3, 0.4) is 0 Å². The summed E-state index contributed by atoms with van der Waals surface area (Å²) in [5, 5.41) is 8.70. The van der Waals surface area contributed by atoms with Gasteiger partial charge in [0.25, 0.3) is 0 Å². The molecule has 0 amide bonds. The number of hydrogen-bond donors (Lipinski definition) is 0. The summed E-state index contributed by atoms with van der Waals surface area (Å²) in [4.78, 5) is 0. The highest BCUT2D eigenvalue weighted by molar-refractivity contribution is 6.30. The van der Waals surface area contributed by atoms with Crippen molar-refractivity contribution in [3.8, 4) is 11.8 Å². The van der Waals surface area contributed by atoms with Crippen molar-refractivity contribution in [3.63, 3.8) is 0 Å². The monoisotopic (exact) mass is 239 g/mol. The number of rotatable bonds is 4. The number of hydrogen-bond acceptors (Lipinski definition) is 2. The van der Waals surface area contributed by atoms with Crippen molar-refractivity contribution in [2.24, 2.45) is 5.41 Å². The third-order valence-electron chi connectivity index (χ3n) is 2.86. The van der Waals surface area contributed by atoms with Crippen LogP contribution in [-0.4, -0.2) is 6.61 Å². The van der Waals surface area contributed by atoms with Crippen molar-refractivity contribution in [2.75, 3.05) is 6.61 Å². The van der Waals surface area contributed by atoms with E-state index in [0.717, 1.165) is 12.8 Å². The molecule has 1 aliphatic rings. The van der Waals surface area contributed by atoms with Gasteiger partial charge in [0.1, 0.15) is 0 Å². The first-order valence-corrected chi connectivity index (χ1v) is 5.48. The minimum Gasteiger partial charge on any atom is -0.490 e. The second-order valence-electron chi connectivity index (χ2n) is 4.18. The van der Waals surface area contributed by atoms with Crippen molar-refractivity contribution >= 4 is 11.6 Å². The van der Waals surface area contributed by atoms with E-state index in [4.69, 9.17) is 21.6 Å². The zero-order valence-corrected chi connectivity index (χ0v) is 9.43. The van der Waals surface area contributed by atoms with Gasteiger partial charge < -0.3 is 4.74 Å². The fraction of sp³-hybridized carbons (Fsp3) is 0.417. The Hall–Kier alpha value is -1.27. The first-order chi connectivity index (χ1) is 7.67. The van der Waals surface area contributed by atoms with E-state index in [1.807, 2.05) is 0 Å². The first-order valence-electron chi connectivity index (χ1n) is 5.11. The van der Waals surface area contributed by atoms with Crippen LogP contribution in [0.5, 0.6) is 5.75 Å². The van der Waals surface area contributed by atoms with Crippen LogP contribution in [0.15, 0.2) is 18.2 Å². The zero-order chi connectivity index (χ0) is 11.6. The van der Waals surface area contributed by atoms with Crippen LogP contribution in [0.1, 0.15) is 19.3 Å². The van der Waals surface area contributed by atoms with Crippen molar-refractivity contribution in [1.29, 1.82) is 5.26 Å². The average Bonchev–Trinajstić information content (AvgIpc) is 3.02. The Kier molecular flexibility index (Phi) is 3.02. The molecule has 0 N–H and O–H groups in total. The van der Waals surface area contributed by atoms with Crippen LogP contribution in [0.4, 0.5) is 4.39 Å². The van der Waals surface area contributed by atoms with E-state index in [2.05, 4.69) is 6.07 Å². The van der Waals surface area contributed by atoms with Crippen LogP contribution in [0, 0.1) is 22.6 Å². The van der Waals surface area contributed by atoms with E-state index in [1.54, 1.807) is 12.1 Å². The Morgan fingerprint density at radius 1 is 1.50 bits per heavy atom. The maximum Gasteiger partial charge on any atom is 0.183 e. The topological polar surface area (TPSA) is 33.0 Å². The predicted molar refractivity (Wildman–Crippen MR) is 58.8 cm³/mol. The summed E-state index contributed by atoms with van der Waals surface area (Å²) in [6, 6.07) is 6.80. The molecular formula is C12H11ClFNO. The summed E-state index contributed by atoms with van der Waals surface area (Å²) < 4.78 is 18.8. The Morgan fingerprint density at radius 3 is 2.88 bits per heavy atom. The van der Waals surface area contributed by atoms with E-state index in [-0.39, 0.29) is 16.2 Å². The standard InChI is InChI=1S/C12H11ClFNO/c13-9-2-1-3-10(11(9)14)16-8-12(4-5-12)6-7-15/h1-3H,4-6,8H2. The van der Waals surface area contributed by atoms with E-state index in [0.29, 0.717) is 13.0 Å². The van der Waals surface area contributed by atoms with Crippen LogP contribution >= 0.6 is 11.6 Å². The van der Waals surface area contributed by atoms with Gasteiger partial charge in [-0.2, -0.15) is 5.26 Å². The number of halogens is 2. The van der Waals surface area contributed by atoms with Gasteiger partial charge in [0.05, 0.1) is 17.7 Å². The maximum absolute atomic E-state index is 13.5. The number of benzene rings is 1. The Labute approximate surface area is 98.6 Å². The van der Waals surface area contributed by atoms with Crippen molar-refractivity contribution < 1.29 is 9.13 Å². The summed E-state index contributed by atoms with van der Waals surface area (Å²) >= 11 is 5.63. The molecular weight excluding hydrogens is 229 g/mol. The molecule has 0 atom stereocenters. The molecule has 0 unspecified atom stereocenters. The quantitative estimate of drug-likeness (QED) is 0.805. The minimum absolute atomic E-state index is 0.0521. The molecule has 0 radical (unpaired) electrons. The molecule has 0 aromatic heterocycles. The number of nitriles is 1. The number of nitrogens with zero attached hydrogens (tertiary/aromatic N) is 1. The van der Waals surface area contributed by atoms with E-state index < -0.39 is 5.82 Å². The molecule has 0 spiro atoms. The third kappa shape index (κ3) is 2.28. The Balaban J connectivity index is 2.00. The average molecular weight is 240 g/mol. The molecule has 16 heavy (non-hydrogen) atoms. The molecule has 0 bridgehead atoms. The van der Waals surface area contributed by atoms with Gasteiger partial charge in [-0.05, 0) is 25.0 Å². The van der Waals surface area contributed by atoms with Gasteiger partial charge in [-0.1, -0.05) is 17.7 Å². The van der Waals surface area contributed by atoms with Crippen LogP contribution in [0.25, 0.3) is 0 Å². The molecule has 2 nitrogen and oxygen atoms in total. The summed E-state index contributed by atoms with van der Waals surface area (Å²) in [5.74, 6) is -0.367. The van der Waals surface area contributed by atoms with Gasteiger partial charge in [0.15, 0.2) is 11.6 Å². The first kappa shape index (κ1) is 11.2. The molecule has 1 aliphatic carbocycles. The predicted octanol–water partition coefficient (Wildman–Crippen LogP) is 3.55. The largest absolute Gasteiger partial charge is 0.490 e. The molecule has 0 heterocycles. The SMILES string of the molecule is N#CCC1(COc2cccc(Cl)c2F)CC1. The van der Waals surface area contributed by atoms with Crippen LogP contribution in [-0.2, 0) is 0 Å². The maximum atomic E-state index is 13.5. The van der Waals surface area contributed by atoms with E-state index in [1.165, 1.54) is 6.07 Å². The van der Waals surface area contributed by atoms with Gasteiger partial charge in [0.2, 0.25) is 0 Å². The van der Waals surface area contributed by atoms with Gasteiger partial charge in [0, 0.05) is 11.8 Å². The fourth-order valence-electron chi connectivity index (χ4n) is 1.54. The van der Waals surface area contributed by atoms with Crippen molar-refractivity contribution in [2.45, 2.75) is 19.3 Å². The summed E-state index contributed by atoms with van der Waals surface area (Å²) in [7, 11) is 0. The lowest BCUT2D eigenvalue weighted by atomic mass is 10.1. The molecule has 84 valence electrons. The molecule has 1 aromatic rings. The van der Waals surface area contributed by atoms with E-state index >= 15 is 0 Å². The smallest absolute Gasteiger partial charge is 0.183 e. The van der Waals surface area contributed by atoms with Gasteiger partial charge in [-0.25, -0.2) is 4.39 Å². The summed E-state index contributed by atoms with van der Waals surface area (Å²) in [6.45, 7) is 0.387. The van der Waals surface area contributed by atoms with E-state index in [9.17, 15) is 4.39 Å². The summed E-state index contributed by atoms with van der Waals surface area (Å²) in [5.41, 5.74) is -0.0521. The van der Waals surface area contributed by atoms with Gasteiger partial charge in [-0.15, -0.1) is 0 Å². The normalized spacial score (nSPS) is 16.6. The zero-order valence-electron chi connectivity index (χ0n) is 8.67. The molecule has 1 fully saturated rings. The minimum atomic E-state index is -0.531. The highest BCUT2D eigenvalue weighted by atomic mass is 35.5. The molecule has 0 saturated heterocycles. The van der Waals surface area contributed by atoms with Crippen LogP contribution < -0.4 is 4.74 Å². The lowest BCUT2D eigenvalue weighted by Crippen LogP contribution is -2.13. The van der Waals surface area contributed by atoms with Crippen LogP contribution in [0.2, 0.25) is 5.02 Å². The van der Waals surface area contributed by atoms with Gasteiger partial charge >= 0.3 is 0 Å². The number of ether oxygens (including phenoxy) is 1. The summed E-state index contributed by atoms with van der Waals surface area (Å²) in [6.07, 6.45) is 2.42. The molecule has 4 heteroatoms. The lowest BCUT2D eigenvalue weighted by Gasteiger charge is -2.13. The highest BCUT2D eigenvalue weighted by Gasteiger charge is 2.43. The van der Waals surface area contributed by atoms with Crippen molar-refractivity contribution in [3.05, 3.63) is 29.0 Å². The molecule has 1 aromatic carbocycles. The Morgan fingerprint density at radius 2 is 2.25 bits per heavy atom. The fourth-order valence-corrected chi connectivity index (χ4v) is 1.71. The molecule has 2 rings (SSSR count). The van der Waals surface area contributed by atoms with Gasteiger partial charge in [-0.3, -0.25) is 0 Å². The Bertz CT molecular complexity index is 437. The molecule has 0 aliphatic heterocycles. The van der Waals surface area contributed by atoms with Crippen molar-refractivity contribution in [1.82, 2.24) is 0 Å².